The molecule has 12 heteroatoms. The van der Waals surface area contributed by atoms with Gasteiger partial charge in [-0.3, -0.25) is 4.90 Å². The van der Waals surface area contributed by atoms with E-state index in [2.05, 4.69) is 4.90 Å². The van der Waals surface area contributed by atoms with Crippen molar-refractivity contribution in [3.05, 3.63) is 24.3 Å². The summed E-state index contributed by atoms with van der Waals surface area (Å²) in [6.07, 6.45) is 1.62. The molecule has 0 saturated carbocycles. The summed E-state index contributed by atoms with van der Waals surface area (Å²) in [5, 5.41) is 0. The summed E-state index contributed by atoms with van der Waals surface area (Å²) in [5.41, 5.74) is 0. The minimum absolute atomic E-state index is 0.362. The zero-order valence-corrected chi connectivity index (χ0v) is 17.7. The van der Waals surface area contributed by atoms with Gasteiger partial charge >= 0.3 is 6.09 Å². The number of piperidine rings is 1. The Hall–Kier alpha value is -1.73. The Kier molecular flexibility index (Phi) is 6.79. The van der Waals surface area contributed by atoms with E-state index in [9.17, 15) is 21.6 Å². The normalized spacial score (nSPS) is 19.8. The van der Waals surface area contributed by atoms with E-state index in [0.29, 0.717) is 32.3 Å². The van der Waals surface area contributed by atoms with Crippen LogP contribution >= 0.6 is 0 Å². The van der Waals surface area contributed by atoms with E-state index >= 15 is 0 Å². The van der Waals surface area contributed by atoms with Gasteiger partial charge in [0.25, 0.3) is 10.0 Å². The van der Waals surface area contributed by atoms with Crippen LogP contribution in [0.25, 0.3) is 0 Å². The third-order valence-electron chi connectivity index (χ3n) is 5.06. The smallest absolute Gasteiger partial charge is 0.379 e. The predicted molar refractivity (Wildman–Crippen MR) is 103 cm³/mol. The van der Waals surface area contributed by atoms with Crippen molar-refractivity contribution in [3.63, 3.8) is 0 Å². The summed E-state index contributed by atoms with van der Waals surface area (Å²) in [4.78, 5) is 21.7. The number of hydrogen-bond donors (Lipinski definition) is 1. The Morgan fingerprint density at radius 1 is 1.03 bits per heavy atom. The Morgan fingerprint density at radius 2 is 1.62 bits per heavy atom. The maximum atomic E-state index is 12.5. The molecule has 2 fully saturated rings. The van der Waals surface area contributed by atoms with E-state index in [1.54, 1.807) is 4.89 Å². The lowest BCUT2D eigenvalue weighted by atomic mass is 10.0. The van der Waals surface area contributed by atoms with Gasteiger partial charge in [-0.1, -0.05) is 12.1 Å². The van der Waals surface area contributed by atoms with Gasteiger partial charge < -0.3 is 14.5 Å². The highest BCUT2D eigenvalue weighted by molar-refractivity contribution is 7.93. The summed E-state index contributed by atoms with van der Waals surface area (Å²) >= 11 is 0. The third-order valence-corrected chi connectivity index (χ3v) is 7.58. The number of ether oxygens (including phenoxy) is 1. The number of amides is 1. The number of sulfone groups is 1. The zero-order chi connectivity index (χ0) is 21.1. The molecule has 1 aromatic rings. The molecule has 0 atom stereocenters. The van der Waals surface area contributed by atoms with E-state index < -0.39 is 30.8 Å². The van der Waals surface area contributed by atoms with Crippen molar-refractivity contribution in [2.45, 2.75) is 28.7 Å². The van der Waals surface area contributed by atoms with Crippen molar-refractivity contribution < 1.29 is 31.2 Å². The van der Waals surface area contributed by atoms with Crippen molar-refractivity contribution in [2.75, 3.05) is 45.6 Å². The van der Waals surface area contributed by atoms with Crippen molar-refractivity contribution >= 4 is 26.0 Å². The van der Waals surface area contributed by atoms with Crippen LogP contribution in [0.15, 0.2) is 34.1 Å². The molecule has 0 aromatic heterocycles. The minimum Gasteiger partial charge on any atom is -0.379 e. The molecule has 162 valence electrons. The largest absolute Gasteiger partial charge is 0.429 e. The average Bonchev–Trinajstić information content (AvgIpc) is 2.72. The molecule has 2 heterocycles. The summed E-state index contributed by atoms with van der Waals surface area (Å²) in [6, 6.07) is 5.49. The number of nitrogens with one attached hydrogen (secondary N) is 1. The maximum absolute atomic E-state index is 12.5. The molecule has 1 amide bonds. The first kappa shape index (κ1) is 22.0. The molecular formula is C17H25N3O7S2. The van der Waals surface area contributed by atoms with Crippen LogP contribution in [0, 0.1) is 0 Å². The van der Waals surface area contributed by atoms with Crippen LogP contribution in [0.4, 0.5) is 4.79 Å². The van der Waals surface area contributed by atoms with Crippen molar-refractivity contribution in [2.24, 2.45) is 0 Å². The minimum atomic E-state index is -4.36. The fourth-order valence-corrected chi connectivity index (χ4v) is 5.94. The van der Waals surface area contributed by atoms with Crippen LogP contribution < -0.4 is 4.89 Å². The summed E-state index contributed by atoms with van der Waals surface area (Å²) in [6.45, 7) is 4.05. The molecule has 2 aliphatic heterocycles. The van der Waals surface area contributed by atoms with E-state index in [1.165, 1.54) is 23.1 Å². The third kappa shape index (κ3) is 5.45. The molecule has 29 heavy (non-hydrogen) atoms. The Morgan fingerprint density at radius 3 is 2.21 bits per heavy atom. The first-order chi connectivity index (χ1) is 13.7. The molecule has 1 N–H and O–H groups in total. The van der Waals surface area contributed by atoms with Crippen molar-refractivity contribution in [1.82, 2.24) is 14.7 Å². The second kappa shape index (κ2) is 8.96. The summed E-state index contributed by atoms with van der Waals surface area (Å²) in [5.74, 6) is 0. The molecule has 3 rings (SSSR count). The monoisotopic (exact) mass is 447 g/mol. The van der Waals surface area contributed by atoms with E-state index in [1.807, 2.05) is 0 Å². The molecule has 2 aliphatic rings. The lowest BCUT2D eigenvalue weighted by Crippen LogP contribution is -2.50. The van der Waals surface area contributed by atoms with Crippen molar-refractivity contribution in [1.29, 1.82) is 0 Å². The number of morpholine rings is 1. The van der Waals surface area contributed by atoms with Gasteiger partial charge in [-0.25, -0.2) is 21.6 Å². The van der Waals surface area contributed by atoms with E-state index in [0.717, 1.165) is 38.3 Å². The molecule has 2 saturated heterocycles. The Labute approximate surface area is 170 Å². The van der Waals surface area contributed by atoms with E-state index in [-0.39, 0.29) is 4.90 Å². The molecule has 10 nitrogen and oxygen atoms in total. The molecule has 0 radical (unpaired) electrons. The van der Waals surface area contributed by atoms with Crippen molar-refractivity contribution in [3.8, 4) is 0 Å². The summed E-state index contributed by atoms with van der Waals surface area (Å²) in [7, 11) is -8.13. The van der Waals surface area contributed by atoms with Gasteiger partial charge in [0.1, 0.15) is 4.90 Å². The lowest BCUT2D eigenvalue weighted by molar-refractivity contribution is -0.000926. The fraction of sp³-hybridized carbons (Fsp3) is 0.588. The Balaban J connectivity index is 1.57. The van der Waals surface area contributed by atoms with Gasteiger partial charge in [-0.2, -0.15) is 0 Å². The number of rotatable bonds is 5. The molecule has 1 aromatic carbocycles. The first-order valence-electron chi connectivity index (χ1n) is 9.27. The lowest BCUT2D eigenvalue weighted by Gasteiger charge is -2.39. The van der Waals surface area contributed by atoms with Gasteiger partial charge in [0, 0.05) is 38.5 Å². The topological polar surface area (TPSA) is 122 Å². The number of nitrogens with zero attached hydrogens (tertiary/aromatic N) is 2. The molecule has 0 spiro atoms. The highest BCUT2D eigenvalue weighted by atomic mass is 32.2. The number of likely N-dealkylation sites (tertiary alicyclic amines) is 1. The quantitative estimate of drug-likeness (QED) is 0.636. The number of sulfonamides is 1. The maximum Gasteiger partial charge on any atom is 0.429 e. The average molecular weight is 448 g/mol. The molecular weight excluding hydrogens is 422 g/mol. The van der Waals surface area contributed by atoms with Crippen LogP contribution in [0.5, 0.6) is 0 Å². The molecule has 0 aliphatic carbocycles. The van der Waals surface area contributed by atoms with Gasteiger partial charge in [-0.05, 0) is 29.9 Å². The first-order valence-corrected chi connectivity index (χ1v) is 12.6. The van der Waals surface area contributed by atoms with E-state index in [4.69, 9.17) is 9.57 Å². The zero-order valence-electron chi connectivity index (χ0n) is 16.1. The number of benzene rings is 1. The second-order valence-electron chi connectivity index (χ2n) is 7.04. The van der Waals surface area contributed by atoms with Gasteiger partial charge in [0.2, 0.25) is 0 Å². The SMILES string of the molecule is CS(=O)(=O)c1ccccc1S(=O)(=O)NOC(=O)N1CCC(N2CCOCC2)CC1. The molecule has 0 unspecified atom stereocenters. The Bertz CT molecular complexity index is 936. The van der Waals surface area contributed by atoms with Crippen LogP contribution in [0.3, 0.4) is 0 Å². The van der Waals surface area contributed by atoms with Crippen LogP contribution in [-0.4, -0.2) is 84.4 Å². The van der Waals surface area contributed by atoms with Gasteiger partial charge in [0.05, 0.1) is 18.1 Å². The standard InChI is InChI=1S/C17H25N3O7S2/c1-28(22,23)15-4-2-3-5-16(15)29(24,25)18-27-17(21)20-8-6-14(7-9-20)19-10-12-26-13-11-19/h2-5,14,18H,6-13H2,1H3. The van der Waals surface area contributed by atoms with Crippen LogP contribution in [0.2, 0.25) is 0 Å². The number of carbonyl (C=O) groups excluding carboxylic acids is 1. The highest BCUT2D eigenvalue weighted by Crippen LogP contribution is 2.21. The fourth-order valence-electron chi connectivity index (χ4n) is 3.53. The number of hydrogen-bond acceptors (Lipinski definition) is 8. The number of carbonyl (C=O) groups is 1. The predicted octanol–water partition coefficient (Wildman–Crippen LogP) is 0.217. The van der Waals surface area contributed by atoms with Crippen LogP contribution in [-0.2, 0) is 29.4 Å². The van der Waals surface area contributed by atoms with Crippen LogP contribution in [0.1, 0.15) is 12.8 Å². The van der Waals surface area contributed by atoms with Gasteiger partial charge in [-0.15, -0.1) is 0 Å². The molecule has 0 bridgehead atoms. The highest BCUT2D eigenvalue weighted by Gasteiger charge is 2.30. The van der Waals surface area contributed by atoms with Gasteiger partial charge in [0.15, 0.2) is 9.84 Å². The summed E-state index contributed by atoms with van der Waals surface area (Å²) < 4.78 is 53.9. The second-order valence-corrected chi connectivity index (χ2v) is 10.6.